The van der Waals surface area contributed by atoms with Gasteiger partial charge < -0.3 is 0 Å². The van der Waals surface area contributed by atoms with Crippen LogP contribution in [-0.4, -0.2) is 49.8 Å². The molecule has 0 atom stereocenters. The van der Waals surface area contributed by atoms with Crippen LogP contribution in [0.4, 0.5) is 0 Å². The van der Waals surface area contributed by atoms with Gasteiger partial charge in [-0.1, -0.05) is 25.1 Å². The Morgan fingerprint density at radius 1 is 0.909 bits per heavy atom. The second-order valence-electron chi connectivity index (χ2n) is 6.67. The minimum absolute atomic E-state index is 0.412. The van der Waals surface area contributed by atoms with E-state index >= 15 is 0 Å². The molecule has 1 aliphatic heterocycles. The SMILES string of the molecule is CC1CCC(N2CCN(S(=O)(=O)c3ccccc3)CC2)CC1. The van der Waals surface area contributed by atoms with E-state index in [4.69, 9.17) is 0 Å². The summed E-state index contributed by atoms with van der Waals surface area (Å²) >= 11 is 0. The van der Waals surface area contributed by atoms with Crippen LogP contribution in [0.1, 0.15) is 32.6 Å². The lowest BCUT2D eigenvalue weighted by Crippen LogP contribution is -2.52. The maximum Gasteiger partial charge on any atom is 0.243 e. The normalized spacial score (nSPS) is 28.6. The van der Waals surface area contributed by atoms with Gasteiger partial charge in [-0.15, -0.1) is 0 Å². The third-order valence-electron chi connectivity index (χ3n) is 5.16. The van der Waals surface area contributed by atoms with Crippen LogP contribution in [0.25, 0.3) is 0 Å². The van der Waals surface area contributed by atoms with Crippen LogP contribution in [0.15, 0.2) is 35.2 Å². The molecule has 0 spiro atoms. The smallest absolute Gasteiger partial charge is 0.243 e. The Hall–Kier alpha value is -0.910. The van der Waals surface area contributed by atoms with Crippen LogP contribution in [0, 0.1) is 5.92 Å². The van der Waals surface area contributed by atoms with Gasteiger partial charge >= 0.3 is 0 Å². The third kappa shape index (κ3) is 3.36. The first-order valence-electron chi connectivity index (χ1n) is 8.36. The molecule has 1 aliphatic carbocycles. The number of rotatable bonds is 3. The van der Waals surface area contributed by atoms with Crippen LogP contribution in [0.5, 0.6) is 0 Å². The summed E-state index contributed by atoms with van der Waals surface area (Å²) in [6.45, 7) is 5.30. The molecule has 4 nitrogen and oxygen atoms in total. The highest BCUT2D eigenvalue weighted by Crippen LogP contribution is 2.28. The average molecular weight is 322 g/mol. The van der Waals surface area contributed by atoms with Gasteiger partial charge in [0, 0.05) is 32.2 Å². The standard InChI is InChI=1S/C17H26N2O2S/c1-15-7-9-16(10-8-15)18-11-13-19(14-12-18)22(20,21)17-5-3-2-4-6-17/h2-6,15-16H,7-14H2,1H3. The third-order valence-corrected chi connectivity index (χ3v) is 7.07. The van der Waals surface area contributed by atoms with E-state index in [0.717, 1.165) is 19.0 Å². The summed E-state index contributed by atoms with van der Waals surface area (Å²) < 4.78 is 26.9. The van der Waals surface area contributed by atoms with E-state index in [1.165, 1.54) is 25.7 Å². The molecule has 0 N–H and O–H groups in total. The largest absolute Gasteiger partial charge is 0.298 e. The van der Waals surface area contributed by atoms with Crippen molar-refractivity contribution in [2.45, 2.75) is 43.5 Å². The molecule has 3 rings (SSSR count). The number of benzene rings is 1. The molecule has 2 aliphatic rings. The Kier molecular flexibility index (Phi) is 4.85. The monoisotopic (exact) mass is 322 g/mol. The lowest BCUT2D eigenvalue weighted by molar-refractivity contribution is 0.101. The van der Waals surface area contributed by atoms with Crippen molar-refractivity contribution in [2.75, 3.05) is 26.2 Å². The zero-order valence-electron chi connectivity index (χ0n) is 13.3. The molecule has 1 heterocycles. The Balaban J connectivity index is 1.60. The molecule has 1 saturated heterocycles. The van der Waals surface area contributed by atoms with E-state index in [2.05, 4.69) is 11.8 Å². The molecule has 2 fully saturated rings. The van der Waals surface area contributed by atoms with Crippen molar-refractivity contribution in [1.29, 1.82) is 0 Å². The van der Waals surface area contributed by atoms with Crippen molar-refractivity contribution < 1.29 is 8.42 Å². The van der Waals surface area contributed by atoms with Gasteiger partial charge in [0.05, 0.1) is 4.90 Å². The topological polar surface area (TPSA) is 40.6 Å². The summed E-state index contributed by atoms with van der Waals surface area (Å²) in [7, 11) is -3.32. The number of piperazine rings is 1. The number of sulfonamides is 1. The molecular weight excluding hydrogens is 296 g/mol. The van der Waals surface area contributed by atoms with E-state index in [-0.39, 0.29) is 0 Å². The van der Waals surface area contributed by atoms with Crippen LogP contribution < -0.4 is 0 Å². The lowest BCUT2D eigenvalue weighted by atomic mass is 9.86. The molecule has 122 valence electrons. The van der Waals surface area contributed by atoms with Gasteiger partial charge in [-0.25, -0.2) is 8.42 Å². The van der Waals surface area contributed by atoms with Crippen LogP contribution in [-0.2, 0) is 10.0 Å². The Labute approximate surface area is 134 Å². The van der Waals surface area contributed by atoms with Gasteiger partial charge in [0.2, 0.25) is 10.0 Å². The summed E-state index contributed by atoms with van der Waals surface area (Å²) in [5.41, 5.74) is 0. The summed E-state index contributed by atoms with van der Waals surface area (Å²) in [6.07, 6.45) is 5.17. The van der Waals surface area contributed by atoms with Crippen molar-refractivity contribution >= 4 is 10.0 Å². The van der Waals surface area contributed by atoms with Gasteiger partial charge in [0.25, 0.3) is 0 Å². The summed E-state index contributed by atoms with van der Waals surface area (Å²) in [6, 6.07) is 9.45. The van der Waals surface area contributed by atoms with Gasteiger partial charge in [-0.3, -0.25) is 4.90 Å². The van der Waals surface area contributed by atoms with Crippen molar-refractivity contribution in [3.63, 3.8) is 0 Å². The quantitative estimate of drug-likeness (QED) is 0.859. The van der Waals surface area contributed by atoms with Gasteiger partial charge in [0.1, 0.15) is 0 Å². The van der Waals surface area contributed by atoms with Crippen LogP contribution in [0.3, 0.4) is 0 Å². The minimum atomic E-state index is -3.32. The first kappa shape index (κ1) is 16.0. The zero-order valence-corrected chi connectivity index (χ0v) is 14.1. The molecule has 0 aromatic heterocycles. The minimum Gasteiger partial charge on any atom is -0.298 e. The number of hydrogen-bond acceptors (Lipinski definition) is 3. The maximum absolute atomic E-state index is 12.6. The summed E-state index contributed by atoms with van der Waals surface area (Å²) in [5.74, 6) is 0.857. The highest BCUT2D eigenvalue weighted by atomic mass is 32.2. The van der Waals surface area contributed by atoms with Crippen molar-refractivity contribution in [3.05, 3.63) is 30.3 Å². The highest BCUT2D eigenvalue weighted by Gasteiger charge is 2.31. The Morgan fingerprint density at radius 2 is 1.50 bits per heavy atom. The van der Waals surface area contributed by atoms with E-state index in [9.17, 15) is 8.42 Å². The second kappa shape index (κ2) is 6.69. The fourth-order valence-electron chi connectivity index (χ4n) is 3.66. The predicted octanol–water partition coefficient (Wildman–Crippen LogP) is 2.57. The van der Waals surface area contributed by atoms with Crippen LogP contribution >= 0.6 is 0 Å². The van der Waals surface area contributed by atoms with E-state index in [0.29, 0.717) is 24.0 Å². The molecule has 5 heteroatoms. The van der Waals surface area contributed by atoms with Crippen molar-refractivity contribution in [3.8, 4) is 0 Å². The molecular formula is C17H26N2O2S. The number of hydrogen-bond donors (Lipinski definition) is 0. The first-order valence-corrected chi connectivity index (χ1v) is 9.80. The highest BCUT2D eigenvalue weighted by molar-refractivity contribution is 7.89. The van der Waals surface area contributed by atoms with E-state index < -0.39 is 10.0 Å². The predicted molar refractivity (Wildman–Crippen MR) is 88.2 cm³/mol. The molecule has 22 heavy (non-hydrogen) atoms. The molecule has 0 amide bonds. The van der Waals surface area contributed by atoms with Crippen molar-refractivity contribution in [2.24, 2.45) is 5.92 Å². The molecule has 0 radical (unpaired) electrons. The molecule has 1 aromatic carbocycles. The van der Waals surface area contributed by atoms with E-state index in [1.807, 2.05) is 6.07 Å². The molecule has 1 aromatic rings. The van der Waals surface area contributed by atoms with Crippen LogP contribution in [0.2, 0.25) is 0 Å². The Morgan fingerprint density at radius 3 is 2.09 bits per heavy atom. The van der Waals surface area contributed by atoms with E-state index in [1.54, 1.807) is 28.6 Å². The average Bonchev–Trinajstić information content (AvgIpc) is 2.56. The molecule has 0 bridgehead atoms. The fourth-order valence-corrected chi connectivity index (χ4v) is 5.10. The molecule has 0 unspecified atom stereocenters. The fraction of sp³-hybridized carbons (Fsp3) is 0.647. The van der Waals surface area contributed by atoms with Gasteiger partial charge in [-0.2, -0.15) is 4.31 Å². The molecule has 1 saturated carbocycles. The Bertz CT molecular complexity index is 572. The van der Waals surface area contributed by atoms with Crippen molar-refractivity contribution in [1.82, 2.24) is 9.21 Å². The summed E-state index contributed by atoms with van der Waals surface area (Å²) in [5, 5.41) is 0. The first-order chi connectivity index (χ1) is 10.6. The zero-order chi connectivity index (χ0) is 15.6. The lowest BCUT2D eigenvalue weighted by Gasteiger charge is -2.41. The maximum atomic E-state index is 12.6. The second-order valence-corrected chi connectivity index (χ2v) is 8.60. The van der Waals surface area contributed by atoms with Gasteiger partial charge in [0.15, 0.2) is 0 Å². The summed E-state index contributed by atoms with van der Waals surface area (Å²) in [4.78, 5) is 2.91. The number of nitrogens with zero attached hydrogens (tertiary/aromatic N) is 2. The van der Waals surface area contributed by atoms with Gasteiger partial charge in [-0.05, 0) is 43.7 Å².